The number of hydrogen-bond donors (Lipinski definition) is 2. The van der Waals surface area contributed by atoms with Gasteiger partial charge in [-0.2, -0.15) is 0 Å². The van der Waals surface area contributed by atoms with E-state index < -0.39 is 0 Å². The van der Waals surface area contributed by atoms with Crippen LogP contribution in [0.3, 0.4) is 0 Å². The second kappa shape index (κ2) is 9.84. The van der Waals surface area contributed by atoms with E-state index in [9.17, 15) is 4.79 Å². The summed E-state index contributed by atoms with van der Waals surface area (Å²) in [6, 6.07) is 9.47. The number of aromatic nitrogens is 2. The van der Waals surface area contributed by atoms with Crippen LogP contribution in [-0.4, -0.2) is 72.1 Å². The second-order valence-electron chi connectivity index (χ2n) is 6.51. The molecule has 1 aromatic carbocycles. The summed E-state index contributed by atoms with van der Waals surface area (Å²) in [6.45, 7) is 5.96. The number of nitrogens with one attached hydrogen (secondary N) is 2. The molecule has 8 heteroatoms. The molecule has 0 atom stereocenters. The van der Waals surface area contributed by atoms with Crippen LogP contribution in [0.25, 0.3) is 0 Å². The van der Waals surface area contributed by atoms with Gasteiger partial charge in [0.25, 0.3) is 5.88 Å². The Balaban J connectivity index is 1.44. The zero-order valence-corrected chi connectivity index (χ0v) is 15.6. The molecule has 144 valence electrons. The minimum absolute atomic E-state index is 0.301. The van der Waals surface area contributed by atoms with Crippen molar-refractivity contribution in [1.82, 2.24) is 25.1 Å². The predicted molar refractivity (Wildman–Crippen MR) is 104 cm³/mol. The van der Waals surface area contributed by atoms with Gasteiger partial charge >= 0.3 is 6.03 Å². The number of carbonyl (C=O) groups excluding carboxylic acids is 1. The van der Waals surface area contributed by atoms with E-state index in [1.807, 2.05) is 30.3 Å². The van der Waals surface area contributed by atoms with E-state index in [2.05, 4.69) is 37.4 Å². The molecule has 1 aromatic heterocycles. The number of likely N-dealkylation sites (N-methyl/N-ethyl adjacent to an activating group) is 1. The highest BCUT2D eigenvalue weighted by atomic mass is 16.5. The lowest BCUT2D eigenvalue weighted by Crippen LogP contribution is -2.47. The lowest BCUT2D eigenvalue weighted by Gasteiger charge is -2.32. The average Bonchev–Trinajstić information content (AvgIpc) is 2.70. The number of nitrogens with zero attached hydrogens (tertiary/aromatic N) is 4. The van der Waals surface area contributed by atoms with E-state index >= 15 is 0 Å². The largest absolute Gasteiger partial charge is 0.470 e. The zero-order chi connectivity index (χ0) is 18.9. The Labute approximate surface area is 159 Å². The average molecular weight is 370 g/mol. The fourth-order valence-corrected chi connectivity index (χ4v) is 2.79. The Kier molecular flexibility index (Phi) is 6.95. The summed E-state index contributed by atoms with van der Waals surface area (Å²) in [4.78, 5) is 25.1. The first-order valence-electron chi connectivity index (χ1n) is 9.14. The molecule has 0 spiro atoms. The van der Waals surface area contributed by atoms with Gasteiger partial charge in [0, 0.05) is 51.7 Å². The van der Waals surface area contributed by atoms with E-state index in [4.69, 9.17) is 4.74 Å². The monoisotopic (exact) mass is 370 g/mol. The number of urea groups is 1. The third-order valence-electron chi connectivity index (χ3n) is 4.42. The normalized spacial score (nSPS) is 15.3. The lowest BCUT2D eigenvalue weighted by atomic mass is 10.2. The Hall–Kier alpha value is -2.71. The van der Waals surface area contributed by atoms with Crippen molar-refractivity contribution in [3.63, 3.8) is 0 Å². The second-order valence-corrected chi connectivity index (χ2v) is 6.51. The number of amides is 2. The highest BCUT2D eigenvalue weighted by Gasteiger charge is 2.14. The maximum absolute atomic E-state index is 12.2. The molecule has 2 N–H and O–H groups in total. The number of rotatable bonds is 7. The van der Waals surface area contributed by atoms with E-state index in [-0.39, 0.29) is 6.03 Å². The highest BCUT2D eigenvalue weighted by Crippen LogP contribution is 2.18. The third kappa shape index (κ3) is 6.19. The fraction of sp³-hybridized carbons (Fsp3) is 0.421. The number of piperazine rings is 1. The van der Waals surface area contributed by atoms with Gasteiger partial charge in [-0.05, 0) is 12.6 Å². The first-order chi connectivity index (χ1) is 13.2. The molecule has 1 saturated heterocycles. The Morgan fingerprint density at radius 1 is 1.11 bits per heavy atom. The van der Waals surface area contributed by atoms with Crippen molar-refractivity contribution < 1.29 is 9.53 Å². The van der Waals surface area contributed by atoms with E-state index in [1.54, 1.807) is 0 Å². The van der Waals surface area contributed by atoms with Gasteiger partial charge < -0.3 is 15.0 Å². The summed E-state index contributed by atoms with van der Waals surface area (Å²) < 4.78 is 5.70. The smallest absolute Gasteiger partial charge is 0.320 e. The number of carbonyl (C=O) groups is 1. The highest BCUT2D eigenvalue weighted by molar-refractivity contribution is 5.89. The van der Waals surface area contributed by atoms with Gasteiger partial charge in [0.05, 0.1) is 0 Å². The fourth-order valence-electron chi connectivity index (χ4n) is 2.79. The van der Waals surface area contributed by atoms with Crippen LogP contribution >= 0.6 is 0 Å². The molecule has 2 amide bonds. The standard InChI is InChI=1S/C19H26N6O2/c1-24-11-13-25(14-12-24)10-9-22-19(26)23-17-18(21-8-7-20-17)27-15-16-5-3-2-4-6-16/h2-8H,9-15H2,1H3,(H2,20,22,23,26). The van der Waals surface area contributed by atoms with Crippen molar-refractivity contribution in [2.24, 2.45) is 0 Å². The van der Waals surface area contributed by atoms with Crippen LogP contribution in [0.4, 0.5) is 10.6 Å². The predicted octanol–water partition coefficient (Wildman–Crippen LogP) is 1.42. The van der Waals surface area contributed by atoms with Crippen LogP contribution in [0.1, 0.15) is 5.56 Å². The van der Waals surface area contributed by atoms with Crippen molar-refractivity contribution in [1.29, 1.82) is 0 Å². The number of benzene rings is 1. The maximum atomic E-state index is 12.2. The van der Waals surface area contributed by atoms with Crippen LogP contribution in [-0.2, 0) is 6.61 Å². The van der Waals surface area contributed by atoms with Gasteiger partial charge in [0.15, 0.2) is 5.82 Å². The van der Waals surface area contributed by atoms with Crippen molar-refractivity contribution >= 4 is 11.8 Å². The minimum Gasteiger partial charge on any atom is -0.470 e. The van der Waals surface area contributed by atoms with Gasteiger partial charge in [-0.15, -0.1) is 0 Å². The molecule has 0 unspecified atom stereocenters. The molecule has 27 heavy (non-hydrogen) atoms. The summed E-state index contributed by atoms with van der Waals surface area (Å²) in [5.41, 5.74) is 1.02. The summed E-state index contributed by atoms with van der Waals surface area (Å²) in [5.74, 6) is 0.612. The molecular formula is C19H26N6O2. The maximum Gasteiger partial charge on any atom is 0.320 e. The Morgan fingerprint density at radius 2 is 1.85 bits per heavy atom. The summed E-state index contributed by atoms with van der Waals surface area (Å²) in [6.07, 6.45) is 3.06. The number of hydrogen-bond acceptors (Lipinski definition) is 6. The van der Waals surface area contributed by atoms with Crippen molar-refractivity contribution in [2.75, 3.05) is 51.6 Å². The molecule has 0 saturated carbocycles. The molecule has 1 aliphatic rings. The van der Waals surface area contributed by atoms with Crippen LogP contribution in [0.5, 0.6) is 5.88 Å². The quantitative estimate of drug-likeness (QED) is 0.767. The molecule has 1 aliphatic heterocycles. The third-order valence-corrected chi connectivity index (χ3v) is 4.42. The van der Waals surface area contributed by atoms with Crippen molar-refractivity contribution in [3.05, 3.63) is 48.3 Å². The molecular weight excluding hydrogens is 344 g/mol. The molecule has 0 aliphatic carbocycles. The molecule has 8 nitrogen and oxygen atoms in total. The molecule has 1 fully saturated rings. The SMILES string of the molecule is CN1CCN(CCNC(=O)Nc2nccnc2OCc2ccccc2)CC1. The summed E-state index contributed by atoms with van der Waals surface area (Å²) in [5, 5.41) is 5.58. The lowest BCUT2D eigenvalue weighted by molar-refractivity contribution is 0.155. The first-order valence-corrected chi connectivity index (χ1v) is 9.14. The topological polar surface area (TPSA) is 82.6 Å². The van der Waals surface area contributed by atoms with Crippen molar-refractivity contribution in [2.45, 2.75) is 6.61 Å². The van der Waals surface area contributed by atoms with Gasteiger partial charge in [-0.1, -0.05) is 30.3 Å². The summed E-state index contributed by atoms with van der Waals surface area (Å²) in [7, 11) is 2.13. The Morgan fingerprint density at radius 3 is 2.63 bits per heavy atom. The van der Waals surface area contributed by atoms with Gasteiger partial charge in [-0.3, -0.25) is 10.2 Å². The van der Waals surface area contributed by atoms with E-state index in [1.165, 1.54) is 12.4 Å². The number of anilines is 1. The van der Waals surface area contributed by atoms with Gasteiger partial charge in [0.1, 0.15) is 6.61 Å². The van der Waals surface area contributed by atoms with Crippen LogP contribution in [0, 0.1) is 0 Å². The molecule has 0 bridgehead atoms. The van der Waals surface area contributed by atoms with Gasteiger partial charge in [0.2, 0.25) is 0 Å². The Bertz CT molecular complexity index is 719. The number of ether oxygens (including phenoxy) is 1. The minimum atomic E-state index is -0.311. The first kappa shape index (κ1) is 19.1. The molecule has 3 rings (SSSR count). The van der Waals surface area contributed by atoms with Crippen LogP contribution in [0.15, 0.2) is 42.7 Å². The zero-order valence-electron chi connectivity index (χ0n) is 15.6. The van der Waals surface area contributed by atoms with Crippen LogP contribution < -0.4 is 15.4 Å². The molecule has 0 radical (unpaired) electrons. The van der Waals surface area contributed by atoms with Crippen LogP contribution in [0.2, 0.25) is 0 Å². The van der Waals surface area contributed by atoms with Crippen molar-refractivity contribution in [3.8, 4) is 5.88 Å². The van der Waals surface area contributed by atoms with E-state index in [0.717, 1.165) is 38.3 Å². The summed E-state index contributed by atoms with van der Waals surface area (Å²) >= 11 is 0. The molecule has 2 heterocycles. The molecule has 2 aromatic rings. The van der Waals surface area contributed by atoms with E-state index in [0.29, 0.717) is 24.8 Å². The van der Waals surface area contributed by atoms with Gasteiger partial charge in [-0.25, -0.2) is 14.8 Å².